The van der Waals surface area contributed by atoms with Crippen molar-refractivity contribution in [2.24, 2.45) is 0 Å². The van der Waals surface area contributed by atoms with Crippen LogP contribution in [0.1, 0.15) is 148 Å². The summed E-state index contributed by atoms with van der Waals surface area (Å²) < 4.78 is 0.612. The molecule has 2 N–H and O–H groups in total. The Hall–Kier alpha value is -1.89. The van der Waals surface area contributed by atoms with E-state index < -0.39 is 17.9 Å². The van der Waals surface area contributed by atoms with Crippen LogP contribution in [0.2, 0.25) is 0 Å². The van der Waals surface area contributed by atoms with Crippen molar-refractivity contribution in [1.29, 1.82) is 0 Å². The molecular formula is C32H59NO6. The van der Waals surface area contributed by atoms with Crippen LogP contribution < -0.4 is 5.11 Å². The van der Waals surface area contributed by atoms with Crippen molar-refractivity contribution in [3.8, 4) is 0 Å². The molecule has 0 saturated heterocycles. The van der Waals surface area contributed by atoms with E-state index in [1.54, 1.807) is 0 Å². The average Bonchev–Trinajstić information content (AvgIpc) is 2.87. The van der Waals surface area contributed by atoms with E-state index in [1.807, 2.05) is 0 Å². The molecule has 0 bridgehead atoms. The quantitative estimate of drug-likeness (QED) is 0.0569. The highest BCUT2D eigenvalue weighted by Gasteiger charge is 2.26. The van der Waals surface area contributed by atoms with Crippen LogP contribution >= 0.6 is 0 Å². The van der Waals surface area contributed by atoms with E-state index in [9.17, 15) is 19.5 Å². The topological polar surface area (TPSA) is 115 Å². The number of aliphatic carboxylic acids is 3. The second-order valence-electron chi connectivity index (χ2n) is 11.4. The maximum atomic E-state index is 11.1. The SMILES string of the molecule is CCCCCCC/C=C/CCCCCCCCCCC[N+](CCCC(=O)[O-])(CCCC(=O)O)CCCC(=O)O. The van der Waals surface area contributed by atoms with Crippen molar-refractivity contribution in [3.63, 3.8) is 0 Å². The normalized spacial score (nSPS) is 11.8. The number of hydrogen-bond donors (Lipinski definition) is 2. The summed E-state index contributed by atoms with van der Waals surface area (Å²) in [7, 11) is 0. The lowest BCUT2D eigenvalue weighted by molar-refractivity contribution is -0.929. The first-order chi connectivity index (χ1) is 18.8. The van der Waals surface area contributed by atoms with Crippen molar-refractivity contribution < 1.29 is 34.2 Å². The fraction of sp³-hybridized carbons (Fsp3) is 0.844. The Bertz CT molecular complexity index is 598. The van der Waals surface area contributed by atoms with Crippen molar-refractivity contribution in [2.75, 3.05) is 26.2 Å². The van der Waals surface area contributed by atoms with Crippen molar-refractivity contribution in [2.45, 2.75) is 148 Å². The number of unbranched alkanes of at least 4 members (excludes halogenated alkanes) is 14. The van der Waals surface area contributed by atoms with Gasteiger partial charge in [-0.05, 0) is 44.9 Å². The van der Waals surface area contributed by atoms with Gasteiger partial charge in [0.25, 0.3) is 0 Å². The Balaban J connectivity index is 4.19. The Kier molecular flexibility index (Phi) is 25.1. The molecule has 0 spiro atoms. The molecule has 0 aliphatic heterocycles. The van der Waals surface area contributed by atoms with Crippen LogP contribution in [-0.2, 0) is 14.4 Å². The third-order valence-electron chi connectivity index (χ3n) is 7.70. The molecular weight excluding hydrogens is 494 g/mol. The van der Waals surface area contributed by atoms with Gasteiger partial charge in [0, 0.05) is 25.2 Å². The molecule has 39 heavy (non-hydrogen) atoms. The number of hydrogen-bond acceptors (Lipinski definition) is 4. The van der Waals surface area contributed by atoms with Gasteiger partial charge in [0.1, 0.15) is 0 Å². The third-order valence-corrected chi connectivity index (χ3v) is 7.70. The van der Waals surface area contributed by atoms with Gasteiger partial charge in [-0.3, -0.25) is 9.59 Å². The summed E-state index contributed by atoms with van der Waals surface area (Å²) >= 11 is 0. The predicted octanol–water partition coefficient (Wildman–Crippen LogP) is 6.88. The molecule has 0 fully saturated rings. The second kappa shape index (κ2) is 26.3. The summed E-state index contributed by atoms with van der Waals surface area (Å²) in [6.45, 7) is 5.02. The number of carbonyl (C=O) groups excluding carboxylic acids is 1. The van der Waals surface area contributed by atoms with E-state index in [0.29, 0.717) is 43.4 Å². The van der Waals surface area contributed by atoms with Gasteiger partial charge in [-0.1, -0.05) is 83.3 Å². The first kappa shape index (κ1) is 37.1. The van der Waals surface area contributed by atoms with Crippen molar-refractivity contribution in [3.05, 3.63) is 12.2 Å². The molecule has 0 saturated carbocycles. The van der Waals surface area contributed by atoms with Gasteiger partial charge in [0.15, 0.2) is 0 Å². The van der Waals surface area contributed by atoms with E-state index in [0.717, 1.165) is 19.4 Å². The molecule has 0 rings (SSSR count). The molecule has 0 aromatic rings. The van der Waals surface area contributed by atoms with Crippen LogP contribution in [0.15, 0.2) is 12.2 Å². The van der Waals surface area contributed by atoms with Gasteiger partial charge in [0.05, 0.1) is 39.0 Å². The number of rotatable bonds is 30. The van der Waals surface area contributed by atoms with Crippen LogP contribution in [0.4, 0.5) is 0 Å². The van der Waals surface area contributed by atoms with E-state index in [1.165, 1.54) is 89.9 Å². The average molecular weight is 554 g/mol. The molecule has 0 aromatic carbocycles. The Morgan fingerprint density at radius 2 is 0.897 bits per heavy atom. The number of carbonyl (C=O) groups is 3. The monoisotopic (exact) mass is 553 g/mol. The van der Waals surface area contributed by atoms with E-state index >= 15 is 0 Å². The van der Waals surface area contributed by atoms with Gasteiger partial charge in [-0.2, -0.15) is 0 Å². The number of allylic oxidation sites excluding steroid dienone is 2. The molecule has 7 heteroatoms. The molecule has 0 atom stereocenters. The zero-order valence-corrected chi connectivity index (χ0v) is 25.0. The van der Waals surface area contributed by atoms with Crippen LogP contribution in [0.25, 0.3) is 0 Å². The minimum atomic E-state index is -1.08. The molecule has 0 amide bonds. The minimum absolute atomic E-state index is 0.0206. The van der Waals surface area contributed by atoms with E-state index in [4.69, 9.17) is 10.2 Å². The first-order valence-corrected chi connectivity index (χ1v) is 15.9. The van der Waals surface area contributed by atoms with Gasteiger partial charge < -0.3 is 24.6 Å². The van der Waals surface area contributed by atoms with Gasteiger partial charge >= 0.3 is 11.9 Å². The van der Waals surface area contributed by atoms with Gasteiger partial charge in [0.2, 0.25) is 0 Å². The Labute approximate surface area is 238 Å². The van der Waals surface area contributed by atoms with Gasteiger partial charge in [-0.25, -0.2) is 0 Å². The van der Waals surface area contributed by atoms with Crippen LogP contribution in [0.5, 0.6) is 0 Å². The predicted molar refractivity (Wildman–Crippen MR) is 156 cm³/mol. The summed E-state index contributed by atoms with van der Waals surface area (Å²) in [4.78, 5) is 33.1. The molecule has 0 heterocycles. The van der Waals surface area contributed by atoms with Gasteiger partial charge in [-0.15, -0.1) is 0 Å². The van der Waals surface area contributed by atoms with Crippen molar-refractivity contribution in [1.82, 2.24) is 0 Å². The number of nitrogens with zero attached hydrogens (tertiary/aromatic N) is 1. The summed E-state index contributed by atoms with van der Waals surface area (Å²) in [6, 6.07) is 0. The lowest BCUT2D eigenvalue weighted by Gasteiger charge is -2.39. The Morgan fingerprint density at radius 1 is 0.538 bits per heavy atom. The van der Waals surface area contributed by atoms with Crippen molar-refractivity contribution >= 4 is 17.9 Å². The number of quaternary nitrogens is 1. The molecule has 0 unspecified atom stereocenters. The molecule has 0 aliphatic rings. The fourth-order valence-corrected chi connectivity index (χ4v) is 5.41. The lowest BCUT2D eigenvalue weighted by Crippen LogP contribution is -2.51. The lowest BCUT2D eigenvalue weighted by atomic mass is 10.0. The van der Waals surface area contributed by atoms with Crippen LogP contribution in [0.3, 0.4) is 0 Å². The highest BCUT2D eigenvalue weighted by Crippen LogP contribution is 2.18. The molecule has 0 radical (unpaired) electrons. The van der Waals surface area contributed by atoms with E-state index in [-0.39, 0.29) is 19.3 Å². The summed E-state index contributed by atoms with van der Waals surface area (Å²) in [5.74, 6) is -2.75. The third kappa shape index (κ3) is 26.1. The standard InChI is InChI=1S/C32H59NO6/c1-2-3-4-5-6-7-8-9-10-11-12-13-14-15-16-17-18-19-26-33(27-20-23-30(34)35,28-21-24-31(36)37)29-22-25-32(38)39/h8-9H,2-7,10-29H2,1H3,(H2-,34,35,36,37,38,39)/b9-8+. The van der Waals surface area contributed by atoms with Crippen LogP contribution in [-0.4, -0.2) is 58.8 Å². The highest BCUT2D eigenvalue weighted by molar-refractivity contribution is 5.66. The zero-order chi connectivity index (χ0) is 29.0. The number of carboxylic acids is 3. The molecule has 0 aromatic heterocycles. The second-order valence-corrected chi connectivity index (χ2v) is 11.4. The molecule has 228 valence electrons. The van der Waals surface area contributed by atoms with E-state index in [2.05, 4.69) is 19.1 Å². The summed E-state index contributed by atoms with van der Waals surface area (Å²) in [6.07, 6.45) is 26.5. The zero-order valence-electron chi connectivity index (χ0n) is 25.0. The Morgan fingerprint density at radius 3 is 1.31 bits per heavy atom. The smallest absolute Gasteiger partial charge is 0.303 e. The first-order valence-electron chi connectivity index (χ1n) is 15.9. The molecule has 0 aliphatic carbocycles. The molecule has 7 nitrogen and oxygen atoms in total. The number of carboxylic acid groups (broad SMARTS) is 3. The summed E-state index contributed by atoms with van der Waals surface area (Å²) in [5.41, 5.74) is 0. The highest BCUT2D eigenvalue weighted by atomic mass is 16.4. The summed E-state index contributed by atoms with van der Waals surface area (Å²) in [5, 5.41) is 29.1. The maximum absolute atomic E-state index is 11.1. The maximum Gasteiger partial charge on any atom is 0.303 e. The van der Waals surface area contributed by atoms with Crippen LogP contribution in [0, 0.1) is 0 Å². The largest absolute Gasteiger partial charge is 0.550 e. The fourth-order valence-electron chi connectivity index (χ4n) is 5.41. The minimum Gasteiger partial charge on any atom is -0.550 e.